The Bertz CT molecular complexity index is 907. The summed E-state index contributed by atoms with van der Waals surface area (Å²) in [7, 11) is 0. The first-order valence-electron chi connectivity index (χ1n) is 14.8. The Kier molecular flexibility index (Phi) is 12.4. The third-order valence-corrected chi connectivity index (χ3v) is 9.90. The predicted molar refractivity (Wildman–Crippen MR) is 163 cm³/mol. The number of benzene rings is 1. The Balaban J connectivity index is 1.87. The molecule has 1 aromatic carbocycles. The van der Waals surface area contributed by atoms with E-state index in [0.717, 1.165) is 37.6 Å². The summed E-state index contributed by atoms with van der Waals surface area (Å²) >= 11 is 3.81. The van der Waals surface area contributed by atoms with Crippen LogP contribution in [0.2, 0.25) is 0 Å². The number of hydrogen-bond donors (Lipinski definition) is 0. The highest BCUT2D eigenvalue weighted by molar-refractivity contribution is 7.21. The average molecular weight is 531 g/mol. The van der Waals surface area contributed by atoms with Gasteiger partial charge in [0.05, 0.1) is 22.6 Å². The van der Waals surface area contributed by atoms with Crippen LogP contribution in [0.4, 0.5) is 0 Å². The third-order valence-electron chi connectivity index (χ3n) is 7.03. The van der Waals surface area contributed by atoms with Crippen molar-refractivity contribution in [1.29, 1.82) is 0 Å². The zero-order valence-electron chi connectivity index (χ0n) is 23.8. The quantitative estimate of drug-likeness (QED) is 0.152. The first-order valence-corrected chi connectivity index (χ1v) is 16.4. The van der Waals surface area contributed by atoms with Gasteiger partial charge >= 0.3 is 0 Å². The summed E-state index contributed by atoms with van der Waals surface area (Å²) in [5.41, 5.74) is 0. The van der Waals surface area contributed by atoms with Gasteiger partial charge in [-0.05, 0) is 36.8 Å². The summed E-state index contributed by atoms with van der Waals surface area (Å²) in [6.07, 6.45) is 15.4. The number of hydrogen-bond acceptors (Lipinski definition) is 4. The van der Waals surface area contributed by atoms with Crippen LogP contribution in [-0.4, -0.2) is 13.2 Å². The minimum absolute atomic E-state index is 0.504. The fraction of sp³-hybridized carbons (Fsp3) is 0.688. The minimum Gasteiger partial charge on any atom is -0.491 e. The molecule has 2 heterocycles. The van der Waals surface area contributed by atoms with Gasteiger partial charge in [-0.3, -0.25) is 0 Å². The molecule has 3 rings (SSSR count). The van der Waals surface area contributed by atoms with Crippen LogP contribution in [0.15, 0.2) is 12.1 Å². The summed E-state index contributed by atoms with van der Waals surface area (Å²) in [5.74, 6) is 3.20. The summed E-state index contributed by atoms with van der Waals surface area (Å²) < 4.78 is 15.8. The van der Waals surface area contributed by atoms with Crippen molar-refractivity contribution in [3.8, 4) is 11.5 Å². The van der Waals surface area contributed by atoms with Crippen LogP contribution >= 0.6 is 22.7 Å². The molecule has 0 radical (unpaired) electrons. The molecule has 0 amide bonds. The topological polar surface area (TPSA) is 18.5 Å². The molecule has 0 saturated heterocycles. The summed E-state index contributed by atoms with van der Waals surface area (Å²) in [6, 6.07) is 4.76. The van der Waals surface area contributed by atoms with Crippen molar-refractivity contribution in [3.05, 3.63) is 21.9 Å². The summed E-state index contributed by atoms with van der Waals surface area (Å²) in [4.78, 5) is 2.83. The summed E-state index contributed by atoms with van der Waals surface area (Å²) in [6.45, 7) is 15.3. The fourth-order valence-corrected chi connectivity index (χ4v) is 7.05. The van der Waals surface area contributed by atoms with E-state index < -0.39 is 0 Å². The molecule has 202 valence electrons. The van der Waals surface area contributed by atoms with Crippen molar-refractivity contribution in [2.45, 2.75) is 130 Å². The fourth-order valence-electron chi connectivity index (χ4n) is 4.71. The number of ether oxygens (including phenoxy) is 2. The lowest BCUT2D eigenvalue weighted by molar-refractivity contribution is 0.307. The van der Waals surface area contributed by atoms with Gasteiger partial charge in [0.2, 0.25) is 0 Å². The lowest BCUT2D eigenvalue weighted by atomic mass is 10.1. The Labute approximate surface area is 228 Å². The van der Waals surface area contributed by atoms with Crippen LogP contribution in [0.5, 0.6) is 11.5 Å². The highest BCUT2D eigenvalue weighted by atomic mass is 32.1. The third kappa shape index (κ3) is 7.87. The molecule has 4 heteroatoms. The van der Waals surface area contributed by atoms with E-state index in [-0.39, 0.29) is 0 Å². The Morgan fingerprint density at radius 3 is 1.28 bits per heavy atom. The lowest BCUT2D eigenvalue weighted by Crippen LogP contribution is -2.00. The SMILES string of the molecule is CCCCCCCCOc1c2cc(C(C)C)sc2c(OCCCCCCCC)c2cc(C(C)C)sc12. The standard InChI is InChI=1S/C32H50O2S2/c1-7-9-11-13-15-17-19-33-29-25-21-27(23(3)4)36-32(25)30(34-20-18-16-14-12-10-8-2)26-22-28(24(5)6)35-31(26)29/h21-24H,7-20H2,1-6H3. The van der Waals surface area contributed by atoms with Gasteiger partial charge in [-0.2, -0.15) is 0 Å². The highest BCUT2D eigenvalue weighted by Crippen LogP contribution is 2.51. The van der Waals surface area contributed by atoms with Gasteiger partial charge < -0.3 is 9.47 Å². The molecule has 0 aliphatic carbocycles. The van der Waals surface area contributed by atoms with E-state index in [1.165, 1.54) is 94.1 Å². The Morgan fingerprint density at radius 1 is 0.556 bits per heavy atom. The molecule has 0 spiro atoms. The largest absolute Gasteiger partial charge is 0.491 e. The minimum atomic E-state index is 0.504. The smallest absolute Gasteiger partial charge is 0.146 e. The second kappa shape index (κ2) is 15.2. The summed E-state index contributed by atoms with van der Waals surface area (Å²) in [5, 5.41) is 2.52. The van der Waals surface area contributed by atoms with Crippen LogP contribution in [-0.2, 0) is 0 Å². The van der Waals surface area contributed by atoms with Crippen molar-refractivity contribution >= 4 is 42.8 Å². The Hall–Kier alpha value is -1.26. The first kappa shape index (κ1) is 29.3. The molecule has 0 bridgehead atoms. The van der Waals surface area contributed by atoms with E-state index in [0.29, 0.717) is 11.8 Å². The Morgan fingerprint density at radius 2 is 0.917 bits per heavy atom. The predicted octanol–water partition coefficient (Wildman–Crippen LogP) is 11.8. The van der Waals surface area contributed by atoms with E-state index in [4.69, 9.17) is 9.47 Å². The monoisotopic (exact) mass is 530 g/mol. The molecular formula is C32H50O2S2. The first-order chi connectivity index (χ1) is 17.5. The van der Waals surface area contributed by atoms with Crippen LogP contribution in [0.1, 0.15) is 140 Å². The van der Waals surface area contributed by atoms with E-state index in [1.54, 1.807) is 0 Å². The molecule has 0 saturated carbocycles. The zero-order valence-corrected chi connectivity index (χ0v) is 25.5. The maximum atomic E-state index is 6.62. The lowest BCUT2D eigenvalue weighted by Gasteiger charge is -2.14. The molecule has 0 aliphatic rings. The number of fused-ring (bicyclic) bond motifs is 2. The molecule has 0 atom stereocenters. The van der Waals surface area contributed by atoms with Crippen molar-refractivity contribution in [3.63, 3.8) is 0 Å². The van der Waals surface area contributed by atoms with Gasteiger partial charge in [0.15, 0.2) is 0 Å². The molecule has 3 aromatic rings. The average Bonchev–Trinajstić information content (AvgIpc) is 3.49. The maximum Gasteiger partial charge on any atom is 0.146 e. The molecule has 0 fully saturated rings. The van der Waals surface area contributed by atoms with Crippen LogP contribution < -0.4 is 9.47 Å². The normalized spacial score (nSPS) is 12.0. The van der Waals surface area contributed by atoms with Gasteiger partial charge in [0.25, 0.3) is 0 Å². The van der Waals surface area contributed by atoms with Crippen molar-refractivity contribution < 1.29 is 9.47 Å². The highest BCUT2D eigenvalue weighted by Gasteiger charge is 2.23. The molecule has 2 aromatic heterocycles. The van der Waals surface area contributed by atoms with Crippen molar-refractivity contribution in [2.75, 3.05) is 13.2 Å². The number of thiophene rings is 2. The maximum absolute atomic E-state index is 6.62. The second-order valence-corrected chi connectivity index (χ2v) is 13.2. The van der Waals surface area contributed by atoms with Gasteiger partial charge in [0.1, 0.15) is 11.5 Å². The van der Waals surface area contributed by atoms with Crippen LogP contribution in [0.25, 0.3) is 20.2 Å². The molecule has 36 heavy (non-hydrogen) atoms. The van der Waals surface area contributed by atoms with Gasteiger partial charge in [0, 0.05) is 20.5 Å². The van der Waals surface area contributed by atoms with E-state index in [2.05, 4.69) is 53.7 Å². The van der Waals surface area contributed by atoms with Gasteiger partial charge in [-0.15, -0.1) is 22.7 Å². The molecular weight excluding hydrogens is 480 g/mol. The van der Waals surface area contributed by atoms with E-state index in [9.17, 15) is 0 Å². The molecule has 0 N–H and O–H groups in total. The number of rotatable bonds is 18. The van der Waals surface area contributed by atoms with Crippen LogP contribution in [0, 0.1) is 0 Å². The van der Waals surface area contributed by atoms with E-state index in [1.807, 2.05) is 22.7 Å². The number of unbranched alkanes of at least 4 members (excludes halogenated alkanes) is 10. The van der Waals surface area contributed by atoms with Gasteiger partial charge in [-0.1, -0.05) is 106 Å². The molecule has 2 nitrogen and oxygen atoms in total. The van der Waals surface area contributed by atoms with Gasteiger partial charge in [-0.25, -0.2) is 0 Å². The molecule has 0 unspecified atom stereocenters. The van der Waals surface area contributed by atoms with Crippen molar-refractivity contribution in [2.24, 2.45) is 0 Å². The molecule has 0 aliphatic heterocycles. The van der Waals surface area contributed by atoms with E-state index >= 15 is 0 Å². The van der Waals surface area contributed by atoms with Crippen molar-refractivity contribution in [1.82, 2.24) is 0 Å². The zero-order chi connectivity index (χ0) is 25.9. The second-order valence-electron chi connectivity index (χ2n) is 11.0. The van der Waals surface area contributed by atoms with Crippen LogP contribution in [0.3, 0.4) is 0 Å².